The number of H-pyrrole nitrogens is 1. The predicted octanol–water partition coefficient (Wildman–Crippen LogP) is 2.41. The molecule has 0 aliphatic heterocycles. The first-order valence-corrected chi connectivity index (χ1v) is 9.65. The number of nitrogens with two attached hydrogens (primary N) is 1. The Morgan fingerprint density at radius 1 is 1.17 bits per heavy atom. The van der Waals surface area contributed by atoms with E-state index in [-0.39, 0.29) is 17.1 Å². The number of nitrogens with one attached hydrogen (secondary N) is 2. The number of rotatable bonds is 4. The highest BCUT2D eigenvalue weighted by Crippen LogP contribution is 2.24. The highest BCUT2D eigenvalue weighted by molar-refractivity contribution is 7.92. The molecule has 0 aliphatic carbocycles. The van der Waals surface area contributed by atoms with Crippen LogP contribution in [0.1, 0.15) is 5.56 Å². The van der Waals surface area contributed by atoms with E-state index < -0.39 is 20.7 Å². The van der Waals surface area contributed by atoms with Crippen molar-refractivity contribution in [2.75, 3.05) is 10.5 Å². The number of nitrogens with zero attached hydrogens (tertiary/aromatic N) is 4. The van der Waals surface area contributed by atoms with Crippen molar-refractivity contribution in [1.82, 2.24) is 20.2 Å². The second kappa shape index (κ2) is 6.84. The molecule has 0 atom stereocenters. The number of benzene rings is 2. The summed E-state index contributed by atoms with van der Waals surface area (Å²) in [6, 6.07) is 11.2. The van der Waals surface area contributed by atoms with Crippen LogP contribution in [0, 0.1) is 17.1 Å². The largest absolute Gasteiger partial charge is 0.380 e. The van der Waals surface area contributed by atoms with E-state index in [1.54, 1.807) is 18.2 Å². The summed E-state index contributed by atoms with van der Waals surface area (Å²) >= 11 is 0. The van der Waals surface area contributed by atoms with Crippen molar-refractivity contribution in [1.29, 1.82) is 5.26 Å². The third-order valence-electron chi connectivity index (χ3n) is 4.08. The first-order valence-electron chi connectivity index (χ1n) is 8.17. The van der Waals surface area contributed by atoms with Crippen LogP contribution in [-0.2, 0) is 10.0 Å². The van der Waals surface area contributed by atoms with Gasteiger partial charge in [0.15, 0.2) is 17.0 Å². The molecule has 0 aliphatic rings. The summed E-state index contributed by atoms with van der Waals surface area (Å²) in [4.78, 5) is 7.97. The predicted molar refractivity (Wildman–Crippen MR) is 103 cm³/mol. The van der Waals surface area contributed by atoms with Gasteiger partial charge in [-0.2, -0.15) is 10.4 Å². The molecular formula is C18H12FN7O2S. The van der Waals surface area contributed by atoms with Crippen molar-refractivity contribution in [3.63, 3.8) is 0 Å². The Morgan fingerprint density at radius 3 is 2.66 bits per heavy atom. The van der Waals surface area contributed by atoms with Gasteiger partial charge in [0.25, 0.3) is 10.0 Å². The second-order valence-corrected chi connectivity index (χ2v) is 7.65. The monoisotopic (exact) mass is 409 g/mol. The standard InChI is InChI=1S/C18H12FN7O2S/c19-13-6-1-10(8-20)7-15(13)29(27,28)26-12-4-2-11(3-5-12)14-9-22-16-17(21)24-25-18(16)23-14/h1-7,9,26H,(H3,21,23,24,25). The lowest BCUT2D eigenvalue weighted by molar-refractivity contribution is 0.570. The number of nitrogen functional groups attached to an aromatic ring is 1. The molecule has 0 spiro atoms. The molecule has 0 amide bonds. The van der Waals surface area contributed by atoms with Gasteiger partial charge in [-0.3, -0.25) is 9.82 Å². The van der Waals surface area contributed by atoms with E-state index in [9.17, 15) is 12.8 Å². The first kappa shape index (κ1) is 18.3. The van der Waals surface area contributed by atoms with Crippen molar-refractivity contribution in [3.8, 4) is 17.3 Å². The number of sulfonamides is 1. The molecule has 4 aromatic rings. The summed E-state index contributed by atoms with van der Waals surface area (Å²) in [5.74, 6) is -0.702. The zero-order valence-corrected chi connectivity index (χ0v) is 15.4. The summed E-state index contributed by atoms with van der Waals surface area (Å²) in [5, 5.41) is 15.4. The Hall–Kier alpha value is -4.04. The van der Waals surface area contributed by atoms with Gasteiger partial charge in [-0.15, -0.1) is 0 Å². The number of fused-ring (bicyclic) bond motifs is 1. The Morgan fingerprint density at radius 2 is 1.93 bits per heavy atom. The van der Waals surface area contributed by atoms with Gasteiger partial charge in [-0.05, 0) is 30.3 Å². The summed E-state index contributed by atoms with van der Waals surface area (Å²) in [5.41, 5.74) is 8.01. The zero-order valence-electron chi connectivity index (χ0n) is 14.6. The number of anilines is 2. The maximum absolute atomic E-state index is 14.0. The summed E-state index contributed by atoms with van der Waals surface area (Å²) in [6.45, 7) is 0. The molecule has 0 radical (unpaired) electrons. The van der Waals surface area contributed by atoms with Crippen LogP contribution in [0.4, 0.5) is 15.9 Å². The molecule has 4 rings (SSSR count). The van der Waals surface area contributed by atoms with Gasteiger partial charge in [0, 0.05) is 11.3 Å². The molecule has 2 heterocycles. The van der Waals surface area contributed by atoms with Gasteiger partial charge < -0.3 is 5.73 Å². The van der Waals surface area contributed by atoms with Crippen LogP contribution in [0.3, 0.4) is 0 Å². The van der Waals surface area contributed by atoms with Gasteiger partial charge in [0.2, 0.25) is 0 Å². The van der Waals surface area contributed by atoms with E-state index in [1.165, 1.54) is 24.4 Å². The Labute approximate surface area is 164 Å². The average Bonchev–Trinajstić information content (AvgIpc) is 3.09. The lowest BCUT2D eigenvalue weighted by Crippen LogP contribution is -2.14. The first-order chi connectivity index (χ1) is 13.9. The third-order valence-corrected chi connectivity index (χ3v) is 5.48. The fraction of sp³-hybridized carbons (Fsp3) is 0. The van der Waals surface area contributed by atoms with E-state index in [0.717, 1.165) is 12.1 Å². The van der Waals surface area contributed by atoms with E-state index >= 15 is 0 Å². The maximum Gasteiger partial charge on any atom is 0.264 e. The molecule has 29 heavy (non-hydrogen) atoms. The van der Waals surface area contributed by atoms with E-state index in [4.69, 9.17) is 11.0 Å². The van der Waals surface area contributed by atoms with Crippen LogP contribution in [0.25, 0.3) is 22.4 Å². The molecular weight excluding hydrogens is 397 g/mol. The van der Waals surface area contributed by atoms with Crippen LogP contribution in [-0.4, -0.2) is 28.6 Å². The van der Waals surface area contributed by atoms with Crippen LogP contribution < -0.4 is 10.5 Å². The Kier molecular flexibility index (Phi) is 4.33. The van der Waals surface area contributed by atoms with E-state index in [2.05, 4.69) is 24.9 Å². The fourth-order valence-electron chi connectivity index (χ4n) is 2.66. The minimum atomic E-state index is -4.21. The maximum atomic E-state index is 14.0. The molecule has 0 saturated heterocycles. The number of hydrogen-bond acceptors (Lipinski definition) is 7. The van der Waals surface area contributed by atoms with E-state index in [1.807, 2.05) is 0 Å². The number of aromatic amines is 1. The topological polar surface area (TPSA) is 150 Å². The molecule has 2 aromatic carbocycles. The van der Waals surface area contributed by atoms with Crippen molar-refractivity contribution in [2.45, 2.75) is 4.90 Å². The molecule has 4 N–H and O–H groups in total. The van der Waals surface area contributed by atoms with Crippen molar-refractivity contribution in [2.24, 2.45) is 0 Å². The van der Waals surface area contributed by atoms with Gasteiger partial charge in [0.05, 0.1) is 23.5 Å². The minimum Gasteiger partial charge on any atom is -0.380 e. The molecule has 0 saturated carbocycles. The molecule has 2 aromatic heterocycles. The number of nitriles is 1. The summed E-state index contributed by atoms with van der Waals surface area (Å²) in [6.07, 6.45) is 1.52. The molecule has 0 fully saturated rings. The zero-order chi connectivity index (χ0) is 20.6. The van der Waals surface area contributed by atoms with Crippen LogP contribution >= 0.6 is 0 Å². The summed E-state index contributed by atoms with van der Waals surface area (Å²) < 4.78 is 41.2. The second-order valence-electron chi connectivity index (χ2n) is 6.00. The highest BCUT2D eigenvalue weighted by atomic mass is 32.2. The molecule has 11 heteroatoms. The molecule has 0 unspecified atom stereocenters. The van der Waals surface area contributed by atoms with Gasteiger partial charge in [-0.25, -0.2) is 22.8 Å². The van der Waals surface area contributed by atoms with Crippen molar-refractivity contribution >= 4 is 32.7 Å². The lowest BCUT2D eigenvalue weighted by atomic mass is 10.1. The molecule has 0 bridgehead atoms. The highest BCUT2D eigenvalue weighted by Gasteiger charge is 2.20. The quantitative estimate of drug-likeness (QED) is 0.468. The van der Waals surface area contributed by atoms with Crippen LogP contribution in [0.2, 0.25) is 0 Å². The van der Waals surface area contributed by atoms with Crippen molar-refractivity contribution < 1.29 is 12.8 Å². The van der Waals surface area contributed by atoms with Crippen LogP contribution in [0.15, 0.2) is 53.6 Å². The SMILES string of the molecule is N#Cc1ccc(F)c(S(=O)(=O)Nc2ccc(-c3cnc4c(N)n[nH]c4n3)cc2)c1. The number of halogens is 1. The minimum absolute atomic E-state index is 0.0375. The number of aromatic nitrogens is 4. The van der Waals surface area contributed by atoms with Gasteiger partial charge >= 0.3 is 0 Å². The van der Waals surface area contributed by atoms with Gasteiger partial charge in [-0.1, -0.05) is 12.1 Å². The van der Waals surface area contributed by atoms with Crippen LogP contribution in [0.5, 0.6) is 0 Å². The molecule has 9 nitrogen and oxygen atoms in total. The third kappa shape index (κ3) is 3.44. The fourth-order valence-corrected chi connectivity index (χ4v) is 3.82. The van der Waals surface area contributed by atoms with E-state index in [0.29, 0.717) is 22.4 Å². The smallest absolute Gasteiger partial charge is 0.264 e. The average molecular weight is 409 g/mol. The van der Waals surface area contributed by atoms with Gasteiger partial charge in [0.1, 0.15) is 10.7 Å². The summed E-state index contributed by atoms with van der Waals surface area (Å²) in [7, 11) is -4.21. The lowest BCUT2D eigenvalue weighted by Gasteiger charge is -2.10. The normalized spacial score (nSPS) is 11.3. The number of hydrogen-bond donors (Lipinski definition) is 3. The molecule has 144 valence electrons. The Bertz CT molecular complexity index is 1380. The van der Waals surface area contributed by atoms with Crippen molar-refractivity contribution in [3.05, 3.63) is 60.0 Å². The Balaban J connectivity index is 1.61.